The molecule has 2 aliphatic heterocycles. The Labute approximate surface area is 165 Å². The van der Waals surface area contributed by atoms with Crippen molar-refractivity contribution >= 4 is 17.8 Å². The number of aryl methyl sites for hydroxylation is 1. The van der Waals surface area contributed by atoms with Gasteiger partial charge in [-0.1, -0.05) is 0 Å². The molecule has 2 aliphatic rings. The van der Waals surface area contributed by atoms with Crippen LogP contribution in [0.1, 0.15) is 32.2 Å². The van der Waals surface area contributed by atoms with E-state index < -0.39 is 5.97 Å². The quantitative estimate of drug-likeness (QED) is 0.377. The van der Waals surface area contributed by atoms with Crippen molar-refractivity contribution in [1.29, 1.82) is 0 Å². The Hall–Kier alpha value is -4.00. The number of hydrogen-bond donors (Lipinski definition) is 0. The Bertz CT molecular complexity index is 1190. The second kappa shape index (κ2) is 6.56. The summed E-state index contributed by atoms with van der Waals surface area (Å²) in [6.45, 7) is 1.94. The van der Waals surface area contributed by atoms with E-state index >= 15 is 0 Å². The zero-order chi connectivity index (χ0) is 20.0. The van der Waals surface area contributed by atoms with Gasteiger partial charge in [-0.05, 0) is 49.4 Å². The van der Waals surface area contributed by atoms with E-state index in [1.165, 1.54) is 12.1 Å². The largest absolute Gasteiger partial charge is 0.462 e. The van der Waals surface area contributed by atoms with Crippen LogP contribution in [0.3, 0.4) is 0 Å². The molecule has 2 aromatic carbocycles. The van der Waals surface area contributed by atoms with E-state index in [4.69, 9.17) is 23.4 Å². The first-order valence-corrected chi connectivity index (χ1v) is 8.83. The van der Waals surface area contributed by atoms with Gasteiger partial charge in [0.25, 0.3) is 0 Å². The second-order valence-electron chi connectivity index (χ2n) is 6.50. The van der Waals surface area contributed by atoms with Gasteiger partial charge >= 0.3 is 5.97 Å². The lowest BCUT2D eigenvalue weighted by molar-refractivity contribution is 0.0734. The predicted molar refractivity (Wildman–Crippen MR) is 100 cm³/mol. The van der Waals surface area contributed by atoms with Crippen molar-refractivity contribution < 1.29 is 33.0 Å². The SMILES string of the molecule is Cc1ccc(/C=C2/Oc3cc(OC(=O)c4ccc5c(c4)OCO5)ccc3C2=O)o1. The smallest absolute Gasteiger partial charge is 0.343 e. The van der Waals surface area contributed by atoms with Crippen molar-refractivity contribution in [3.63, 3.8) is 0 Å². The van der Waals surface area contributed by atoms with E-state index in [1.54, 1.807) is 42.5 Å². The van der Waals surface area contributed by atoms with E-state index in [-0.39, 0.29) is 24.1 Å². The Morgan fingerprint density at radius 3 is 2.69 bits per heavy atom. The summed E-state index contributed by atoms with van der Waals surface area (Å²) in [5.41, 5.74) is 0.711. The molecule has 0 unspecified atom stereocenters. The number of benzene rings is 2. The third-order valence-electron chi connectivity index (χ3n) is 4.49. The molecule has 144 valence electrons. The van der Waals surface area contributed by atoms with E-state index in [2.05, 4.69) is 0 Å². The van der Waals surface area contributed by atoms with Crippen LogP contribution in [-0.2, 0) is 0 Å². The van der Waals surface area contributed by atoms with Crippen LogP contribution in [0.25, 0.3) is 6.08 Å². The predicted octanol–water partition coefficient (Wildman–Crippen LogP) is 4.15. The molecule has 3 aromatic rings. The molecular weight excluding hydrogens is 376 g/mol. The number of ketones is 1. The topological polar surface area (TPSA) is 84.2 Å². The third-order valence-corrected chi connectivity index (χ3v) is 4.49. The van der Waals surface area contributed by atoms with Crippen molar-refractivity contribution in [2.24, 2.45) is 0 Å². The maximum atomic E-state index is 12.5. The number of hydrogen-bond acceptors (Lipinski definition) is 7. The number of furan rings is 1. The highest BCUT2D eigenvalue weighted by molar-refractivity contribution is 6.14. The van der Waals surface area contributed by atoms with E-state index in [1.807, 2.05) is 6.92 Å². The molecule has 0 amide bonds. The van der Waals surface area contributed by atoms with Gasteiger partial charge in [0.05, 0.1) is 11.1 Å². The fourth-order valence-corrected chi connectivity index (χ4v) is 3.08. The van der Waals surface area contributed by atoms with Gasteiger partial charge in [-0.2, -0.15) is 0 Å². The van der Waals surface area contributed by atoms with Gasteiger partial charge in [-0.3, -0.25) is 4.79 Å². The zero-order valence-corrected chi connectivity index (χ0v) is 15.3. The van der Waals surface area contributed by atoms with Crippen molar-refractivity contribution in [3.8, 4) is 23.0 Å². The Kier molecular flexibility index (Phi) is 3.87. The molecule has 0 aliphatic carbocycles. The first-order chi connectivity index (χ1) is 14.1. The summed E-state index contributed by atoms with van der Waals surface area (Å²) >= 11 is 0. The number of esters is 1. The van der Waals surface area contributed by atoms with Crippen molar-refractivity contribution in [1.82, 2.24) is 0 Å². The number of carbonyl (C=O) groups is 2. The molecule has 0 atom stereocenters. The molecule has 0 N–H and O–H groups in total. The lowest BCUT2D eigenvalue weighted by Gasteiger charge is -2.06. The normalized spacial score (nSPS) is 15.3. The van der Waals surface area contributed by atoms with Crippen LogP contribution in [-0.4, -0.2) is 18.5 Å². The van der Waals surface area contributed by atoms with Crippen LogP contribution >= 0.6 is 0 Å². The fourth-order valence-electron chi connectivity index (χ4n) is 3.08. The molecule has 7 heteroatoms. The van der Waals surface area contributed by atoms with Gasteiger partial charge in [-0.15, -0.1) is 0 Å². The third kappa shape index (κ3) is 3.12. The summed E-state index contributed by atoms with van der Waals surface area (Å²) in [6.07, 6.45) is 1.54. The lowest BCUT2D eigenvalue weighted by atomic mass is 10.1. The number of Topliss-reactive ketones (excluding diaryl/α,β-unsaturated/α-hetero) is 1. The summed E-state index contributed by atoms with van der Waals surface area (Å²) in [7, 11) is 0. The zero-order valence-electron chi connectivity index (χ0n) is 15.3. The molecule has 1 aromatic heterocycles. The van der Waals surface area contributed by atoms with Crippen LogP contribution in [0.4, 0.5) is 0 Å². The Morgan fingerprint density at radius 2 is 1.86 bits per heavy atom. The van der Waals surface area contributed by atoms with Crippen LogP contribution < -0.4 is 18.9 Å². The van der Waals surface area contributed by atoms with Crippen molar-refractivity contribution in [3.05, 3.63) is 76.9 Å². The molecule has 29 heavy (non-hydrogen) atoms. The van der Waals surface area contributed by atoms with Crippen molar-refractivity contribution in [2.75, 3.05) is 6.79 Å². The summed E-state index contributed by atoms with van der Waals surface area (Å²) in [5, 5.41) is 0. The average molecular weight is 390 g/mol. The molecule has 0 bridgehead atoms. The molecule has 7 nitrogen and oxygen atoms in total. The average Bonchev–Trinajstić information content (AvgIpc) is 3.41. The van der Waals surface area contributed by atoms with Gasteiger partial charge in [0, 0.05) is 12.1 Å². The van der Waals surface area contributed by atoms with Crippen LogP contribution in [0.15, 0.2) is 58.7 Å². The molecule has 0 spiro atoms. The molecule has 0 radical (unpaired) electrons. The van der Waals surface area contributed by atoms with Crippen LogP contribution in [0.5, 0.6) is 23.0 Å². The number of ether oxygens (including phenoxy) is 4. The highest BCUT2D eigenvalue weighted by Crippen LogP contribution is 2.36. The molecule has 5 rings (SSSR count). The van der Waals surface area contributed by atoms with Crippen molar-refractivity contribution in [2.45, 2.75) is 6.92 Å². The number of rotatable bonds is 3. The first kappa shape index (κ1) is 17.1. The monoisotopic (exact) mass is 390 g/mol. The van der Waals surface area contributed by atoms with Gasteiger partial charge in [0.1, 0.15) is 23.0 Å². The Morgan fingerprint density at radius 1 is 1.00 bits per heavy atom. The van der Waals surface area contributed by atoms with Gasteiger partial charge in [-0.25, -0.2) is 4.79 Å². The van der Waals surface area contributed by atoms with Gasteiger partial charge in [0.2, 0.25) is 12.6 Å². The summed E-state index contributed by atoms with van der Waals surface area (Å²) in [5.74, 6) is 2.23. The summed E-state index contributed by atoms with van der Waals surface area (Å²) in [4.78, 5) is 24.9. The van der Waals surface area contributed by atoms with E-state index in [9.17, 15) is 9.59 Å². The molecular formula is C22H14O7. The fraction of sp³-hybridized carbons (Fsp3) is 0.0909. The maximum absolute atomic E-state index is 12.5. The lowest BCUT2D eigenvalue weighted by Crippen LogP contribution is -2.08. The summed E-state index contributed by atoms with van der Waals surface area (Å²) < 4.78 is 27.0. The molecule has 3 heterocycles. The van der Waals surface area contributed by atoms with Gasteiger partial charge < -0.3 is 23.4 Å². The number of allylic oxidation sites excluding steroid dienone is 1. The molecule has 0 fully saturated rings. The highest BCUT2D eigenvalue weighted by atomic mass is 16.7. The molecule has 0 saturated heterocycles. The first-order valence-electron chi connectivity index (χ1n) is 8.83. The standard InChI is InChI=1S/C22H14O7/c1-12-2-4-14(27-12)10-20-21(23)16-6-5-15(9-18(16)29-20)28-22(24)13-3-7-17-19(8-13)26-11-25-17/h2-10H,11H2,1H3/b20-10+. The minimum absolute atomic E-state index is 0.122. The summed E-state index contributed by atoms with van der Waals surface area (Å²) in [6, 6.07) is 13.0. The minimum Gasteiger partial charge on any atom is -0.462 e. The van der Waals surface area contributed by atoms with Gasteiger partial charge in [0.15, 0.2) is 17.3 Å². The van der Waals surface area contributed by atoms with E-state index in [0.717, 1.165) is 5.76 Å². The highest BCUT2D eigenvalue weighted by Gasteiger charge is 2.28. The Balaban J connectivity index is 1.36. The van der Waals surface area contributed by atoms with Crippen LogP contribution in [0, 0.1) is 6.92 Å². The number of carbonyl (C=O) groups excluding carboxylic acids is 2. The second-order valence-corrected chi connectivity index (χ2v) is 6.50. The van der Waals surface area contributed by atoms with Crippen LogP contribution in [0.2, 0.25) is 0 Å². The van der Waals surface area contributed by atoms with E-state index in [0.29, 0.717) is 34.1 Å². The maximum Gasteiger partial charge on any atom is 0.343 e. The minimum atomic E-state index is -0.561. The number of fused-ring (bicyclic) bond motifs is 2. The molecule has 0 saturated carbocycles.